The van der Waals surface area contributed by atoms with Crippen LogP contribution in [0.5, 0.6) is 0 Å². The predicted octanol–water partition coefficient (Wildman–Crippen LogP) is 4.07. The second kappa shape index (κ2) is 5.87. The maximum atomic E-state index is 11.1. The third-order valence-corrected chi connectivity index (χ3v) is 2.49. The lowest BCUT2D eigenvalue weighted by molar-refractivity contribution is 0.244. The zero-order valence-electron chi connectivity index (χ0n) is 9.08. The summed E-state index contributed by atoms with van der Waals surface area (Å²) in [5, 5.41) is 0.120. The number of amides is 1. The minimum absolute atomic E-state index is 0.491. The van der Waals surface area contributed by atoms with Crippen LogP contribution in [0, 0.1) is 0 Å². The fourth-order valence-corrected chi connectivity index (χ4v) is 1.61. The molecule has 0 atom stereocenters. The van der Waals surface area contributed by atoms with Gasteiger partial charge in [-0.15, -0.1) is 0 Å². The largest absolute Gasteiger partial charge is 0.321 e. The van der Waals surface area contributed by atoms with Crippen LogP contribution in [0.25, 0.3) is 0 Å². The van der Waals surface area contributed by atoms with Crippen molar-refractivity contribution in [3.05, 3.63) is 29.3 Å². The van der Waals surface area contributed by atoms with Gasteiger partial charge in [-0.1, -0.05) is 11.6 Å². The van der Waals surface area contributed by atoms with E-state index >= 15 is 0 Å². The molecule has 0 spiro atoms. The molecule has 0 radical (unpaired) electrons. The van der Waals surface area contributed by atoms with Crippen molar-refractivity contribution in [2.45, 2.75) is 13.8 Å². The van der Waals surface area contributed by atoms with Gasteiger partial charge in [0.2, 0.25) is 0 Å². The van der Waals surface area contributed by atoms with Crippen LogP contribution in [0.1, 0.15) is 13.8 Å². The molecule has 0 unspecified atom stereocenters. The summed E-state index contributed by atoms with van der Waals surface area (Å²) < 4.78 is 0. The molecule has 0 N–H and O–H groups in total. The molecule has 5 heteroatoms. The van der Waals surface area contributed by atoms with Crippen molar-refractivity contribution in [3.8, 4) is 0 Å². The van der Waals surface area contributed by atoms with Crippen LogP contribution in [0.2, 0.25) is 5.02 Å². The molecule has 0 fully saturated rings. The highest BCUT2D eigenvalue weighted by atomic mass is 35.5. The van der Waals surface area contributed by atoms with Crippen LogP contribution in [0.3, 0.4) is 0 Å². The summed E-state index contributed by atoms with van der Waals surface area (Å²) in [6.45, 7) is 4.06. The van der Waals surface area contributed by atoms with E-state index in [2.05, 4.69) is 4.99 Å². The molecule has 0 saturated heterocycles. The highest BCUT2D eigenvalue weighted by Crippen LogP contribution is 2.17. The minimum atomic E-state index is -0.530. The molecule has 86 valence electrons. The van der Waals surface area contributed by atoms with E-state index in [-0.39, 0.29) is 0 Å². The summed E-state index contributed by atoms with van der Waals surface area (Å²) in [4.78, 5) is 16.7. The van der Waals surface area contributed by atoms with Crippen LogP contribution in [0.15, 0.2) is 29.3 Å². The van der Waals surface area contributed by atoms with Gasteiger partial charge >= 0.3 is 5.37 Å². The van der Waals surface area contributed by atoms with Crippen LogP contribution < -0.4 is 0 Å². The molecule has 0 heterocycles. The Labute approximate surface area is 105 Å². The highest BCUT2D eigenvalue weighted by molar-refractivity contribution is 6.64. The van der Waals surface area contributed by atoms with E-state index < -0.39 is 5.37 Å². The van der Waals surface area contributed by atoms with Gasteiger partial charge in [0.05, 0.1) is 5.69 Å². The standard InChI is InChI=1S/C11H12Cl2N2O/c1-3-15(11(13)16)8(2)14-10-6-4-9(12)5-7-10/h4-7H,3H2,1-2H3. The van der Waals surface area contributed by atoms with Crippen molar-refractivity contribution in [1.29, 1.82) is 0 Å². The molecule has 1 aromatic carbocycles. The Hall–Kier alpha value is -1.06. The van der Waals surface area contributed by atoms with Gasteiger partial charge in [0.15, 0.2) is 0 Å². The first kappa shape index (κ1) is 13.0. The van der Waals surface area contributed by atoms with E-state index in [9.17, 15) is 4.79 Å². The summed E-state index contributed by atoms with van der Waals surface area (Å²) in [6.07, 6.45) is 0. The summed E-state index contributed by atoms with van der Waals surface area (Å²) >= 11 is 11.2. The molecule has 1 aromatic rings. The number of aliphatic imine (C=N–C) groups is 1. The van der Waals surface area contributed by atoms with Gasteiger partial charge in [0, 0.05) is 11.6 Å². The fraction of sp³-hybridized carbons (Fsp3) is 0.273. The lowest BCUT2D eigenvalue weighted by atomic mass is 10.3. The first-order valence-electron chi connectivity index (χ1n) is 4.82. The van der Waals surface area contributed by atoms with Crippen molar-refractivity contribution in [3.63, 3.8) is 0 Å². The van der Waals surface area contributed by atoms with Gasteiger partial charge < -0.3 is 0 Å². The van der Waals surface area contributed by atoms with Crippen LogP contribution in [-0.2, 0) is 0 Å². The van der Waals surface area contributed by atoms with Gasteiger partial charge in [-0.05, 0) is 49.7 Å². The number of rotatable bonds is 2. The number of amidine groups is 1. The molecule has 1 amide bonds. The van der Waals surface area contributed by atoms with E-state index in [1.54, 1.807) is 31.2 Å². The van der Waals surface area contributed by atoms with Crippen LogP contribution in [0.4, 0.5) is 10.5 Å². The zero-order valence-corrected chi connectivity index (χ0v) is 10.6. The number of halogens is 2. The second-order valence-corrected chi connectivity index (χ2v) is 3.89. The molecule has 16 heavy (non-hydrogen) atoms. The average molecular weight is 259 g/mol. The maximum absolute atomic E-state index is 11.1. The number of hydrogen-bond acceptors (Lipinski definition) is 2. The second-order valence-electron chi connectivity index (χ2n) is 3.13. The van der Waals surface area contributed by atoms with Crippen molar-refractivity contribution < 1.29 is 4.79 Å². The molecule has 0 saturated carbocycles. The molecular formula is C11H12Cl2N2O. The Bertz CT molecular complexity index is 401. The van der Waals surface area contributed by atoms with Gasteiger partial charge in [-0.2, -0.15) is 0 Å². The number of hydrogen-bond donors (Lipinski definition) is 0. The molecule has 1 rings (SSSR count). The summed E-state index contributed by atoms with van der Waals surface area (Å²) in [5.41, 5.74) is 0.735. The van der Waals surface area contributed by atoms with E-state index in [0.717, 1.165) is 5.69 Å². The van der Waals surface area contributed by atoms with Gasteiger partial charge in [0.25, 0.3) is 0 Å². The van der Waals surface area contributed by atoms with E-state index in [1.807, 2.05) is 6.92 Å². The molecule has 0 aliphatic heterocycles. The summed E-state index contributed by atoms with van der Waals surface area (Å²) in [6, 6.07) is 7.04. The summed E-state index contributed by atoms with van der Waals surface area (Å²) in [5.74, 6) is 0.560. The molecule has 0 aromatic heterocycles. The Kier molecular flexibility index (Phi) is 4.77. The highest BCUT2D eigenvalue weighted by Gasteiger charge is 2.10. The van der Waals surface area contributed by atoms with E-state index in [4.69, 9.17) is 23.2 Å². The lowest BCUT2D eigenvalue weighted by Gasteiger charge is -2.16. The Morgan fingerprint density at radius 1 is 1.38 bits per heavy atom. The van der Waals surface area contributed by atoms with Crippen LogP contribution >= 0.6 is 23.2 Å². The van der Waals surface area contributed by atoms with Crippen LogP contribution in [-0.4, -0.2) is 22.6 Å². The van der Waals surface area contributed by atoms with Gasteiger partial charge in [-0.25, -0.2) is 4.99 Å². The van der Waals surface area contributed by atoms with E-state index in [0.29, 0.717) is 17.4 Å². The normalized spacial score (nSPS) is 11.4. The quantitative estimate of drug-likeness (QED) is 0.341. The topological polar surface area (TPSA) is 32.7 Å². The molecule has 0 bridgehead atoms. The smallest absolute Gasteiger partial charge is 0.287 e. The lowest BCUT2D eigenvalue weighted by Crippen LogP contribution is -2.30. The zero-order chi connectivity index (χ0) is 12.1. The number of carbonyl (C=O) groups excluding carboxylic acids is 1. The van der Waals surface area contributed by atoms with Crippen molar-refractivity contribution in [2.24, 2.45) is 4.99 Å². The third kappa shape index (κ3) is 3.51. The summed E-state index contributed by atoms with van der Waals surface area (Å²) in [7, 11) is 0. The fourth-order valence-electron chi connectivity index (χ4n) is 1.24. The SMILES string of the molecule is CCN(C(=O)Cl)C(C)=Nc1ccc(Cl)cc1. The van der Waals surface area contributed by atoms with Crippen molar-refractivity contribution in [1.82, 2.24) is 4.90 Å². The van der Waals surface area contributed by atoms with Gasteiger partial charge in [0.1, 0.15) is 5.84 Å². The Balaban J connectivity index is 2.91. The monoisotopic (exact) mass is 258 g/mol. The number of benzene rings is 1. The first-order valence-corrected chi connectivity index (χ1v) is 5.58. The van der Waals surface area contributed by atoms with Crippen molar-refractivity contribution >= 4 is 40.1 Å². The maximum Gasteiger partial charge on any atom is 0.321 e. The number of carbonyl (C=O) groups is 1. The molecular weight excluding hydrogens is 247 g/mol. The average Bonchev–Trinajstić information content (AvgIpc) is 2.22. The minimum Gasteiger partial charge on any atom is -0.287 e. The first-order chi connectivity index (χ1) is 7.54. The Morgan fingerprint density at radius 2 is 1.94 bits per heavy atom. The Morgan fingerprint density at radius 3 is 2.38 bits per heavy atom. The molecule has 0 aliphatic carbocycles. The molecule has 0 aliphatic rings. The van der Waals surface area contributed by atoms with Crippen molar-refractivity contribution in [2.75, 3.05) is 6.54 Å². The number of nitrogens with zero attached hydrogens (tertiary/aromatic N) is 2. The molecule has 3 nitrogen and oxygen atoms in total. The van der Waals surface area contributed by atoms with E-state index in [1.165, 1.54) is 4.90 Å². The third-order valence-electron chi connectivity index (χ3n) is 2.04. The van der Waals surface area contributed by atoms with Gasteiger partial charge in [-0.3, -0.25) is 9.69 Å². The predicted molar refractivity (Wildman–Crippen MR) is 67.9 cm³/mol.